The molecule has 0 aliphatic heterocycles. The number of phenolic OH excluding ortho intramolecular Hbond substituents is 2. The zero-order valence-corrected chi connectivity index (χ0v) is 35.1. The van der Waals surface area contributed by atoms with Crippen molar-refractivity contribution >= 4 is 8.41 Å². The van der Waals surface area contributed by atoms with Crippen molar-refractivity contribution in [3.05, 3.63) is 192 Å². The molecule has 9 heteroatoms. The molecular weight excluding hydrogens is 823 g/mol. The van der Waals surface area contributed by atoms with Crippen LogP contribution >= 0.6 is 0 Å². The third kappa shape index (κ3) is 11.2. The standard InChI is InChI=1S/C38H26O4.C12H10O2.C6H6O2.CH4.B/c39-37(33-18-5-1-14-29(33)30-15-2-6-19-34(30)37)22-10-24-41-27-12-9-13-28(26-27)42-25-11-23-38(40)35-20-7-3-16-31(35)32-17-4-8-21-36(32)38;1-3-8-13-11-6-5-7-12(10-11)14-9-4-2;7-5-2-1-3-6(8)4-5;;/h1-9,12-21,26,39-40H,24-25H2;1-2,5-7,10H,8-9H2;1-4,7-8H;1H4;. The average molecular weight is 870 g/mol. The van der Waals surface area contributed by atoms with Crippen LogP contribution in [0, 0.1) is 48.4 Å². The molecule has 3 radical (unpaired) electrons. The van der Waals surface area contributed by atoms with Gasteiger partial charge in [-0.3, -0.25) is 0 Å². The number of aliphatic hydroxyl groups is 2. The number of terminal acetylenes is 2. The summed E-state index contributed by atoms with van der Waals surface area (Å²) in [6.45, 7) is 0.695. The fourth-order valence-corrected chi connectivity index (χ4v) is 7.31. The fourth-order valence-electron chi connectivity index (χ4n) is 7.31. The summed E-state index contributed by atoms with van der Waals surface area (Å²) in [5.41, 5.74) is 4.33. The van der Waals surface area contributed by atoms with Gasteiger partial charge in [0.2, 0.25) is 0 Å². The van der Waals surface area contributed by atoms with Gasteiger partial charge in [-0.1, -0.05) is 158 Å². The van der Waals surface area contributed by atoms with Gasteiger partial charge in [0.05, 0.1) is 0 Å². The summed E-state index contributed by atoms with van der Waals surface area (Å²) < 4.78 is 22.2. The molecule has 7 aromatic rings. The maximum absolute atomic E-state index is 11.6. The molecule has 0 amide bonds. The van der Waals surface area contributed by atoms with Crippen molar-refractivity contribution in [3.8, 4) is 105 Å². The molecule has 7 aromatic carbocycles. The van der Waals surface area contributed by atoms with Gasteiger partial charge in [0, 0.05) is 48.9 Å². The maximum Gasteiger partial charge on any atom is 0.178 e. The lowest BCUT2D eigenvalue weighted by Crippen LogP contribution is -2.22. The first kappa shape index (κ1) is 48.6. The molecule has 0 aromatic heterocycles. The van der Waals surface area contributed by atoms with E-state index in [4.69, 9.17) is 42.0 Å². The molecule has 0 saturated carbocycles. The lowest BCUT2D eigenvalue weighted by molar-refractivity contribution is 0.149. The fraction of sp³-hybridized carbons (Fsp3) is 0.123. The van der Waals surface area contributed by atoms with Crippen LogP contribution in [-0.4, -0.2) is 55.3 Å². The predicted molar refractivity (Wildman–Crippen MR) is 260 cm³/mol. The third-order valence-electron chi connectivity index (χ3n) is 10.1. The summed E-state index contributed by atoms with van der Waals surface area (Å²) in [4.78, 5) is 0. The minimum Gasteiger partial charge on any atom is -0.508 e. The second-order valence-corrected chi connectivity index (χ2v) is 14.2. The Hall–Kier alpha value is -8.44. The van der Waals surface area contributed by atoms with Crippen LogP contribution < -0.4 is 18.9 Å². The Kier molecular flexibility index (Phi) is 16.8. The zero-order valence-electron chi connectivity index (χ0n) is 35.1. The monoisotopic (exact) mass is 869 g/mol. The van der Waals surface area contributed by atoms with Gasteiger partial charge in [-0.05, 0) is 58.7 Å². The van der Waals surface area contributed by atoms with Crippen molar-refractivity contribution in [2.24, 2.45) is 0 Å². The summed E-state index contributed by atoms with van der Waals surface area (Å²) in [7, 11) is 0. The van der Waals surface area contributed by atoms with Gasteiger partial charge in [0.15, 0.2) is 11.2 Å². The Morgan fingerprint density at radius 3 is 0.970 bits per heavy atom. The van der Waals surface area contributed by atoms with E-state index in [2.05, 4.69) is 35.5 Å². The van der Waals surface area contributed by atoms with Gasteiger partial charge in [-0.15, -0.1) is 12.8 Å². The molecule has 0 heterocycles. The number of aromatic hydroxyl groups is 2. The third-order valence-corrected chi connectivity index (χ3v) is 10.1. The highest BCUT2D eigenvalue weighted by Gasteiger charge is 2.41. The van der Waals surface area contributed by atoms with Crippen molar-refractivity contribution in [3.63, 3.8) is 0 Å². The number of benzene rings is 7. The van der Waals surface area contributed by atoms with Crippen LogP contribution in [0.15, 0.2) is 170 Å². The lowest BCUT2D eigenvalue weighted by Gasteiger charge is -2.19. The second-order valence-electron chi connectivity index (χ2n) is 14.2. The highest BCUT2D eigenvalue weighted by molar-refractivity contribution is 5.83. The van der Waals surface area contributed by atoms with Crippen LogP contribution in [0.4, 0.5) is 0 Å². The van der Waals surface area contributed by atoms with Crippen molar-refractivity contribution < 1.29 is 39.4 Å². The highest BCUT2D eigenvalue weighted by atomic mass is 16.5. The first-order valence-electron chi connectivity index (χ1n) is 20.1. The van der Waals surface area contributed by atoms with Gasteiger partial charge in [-0.2, -0.15) is 0 Å². The van der Waals surface area contributed by atoms with E-state index < -0.39 is 11.2 Å². The topological polar surface area (TPSA) is 118 Å². The Morgan fingerprint density at radius 2 is 0.682 bits per heavy atom. The molecule has 0 fully saturated rings. The van der Waals surface area contributed by atoms with Gasteiger partial charge >= 0.3 is 0 Å². The molecule has 9 rings (SSSR count). The first-order chi connectivity index (χ1) is 31.2. The lowest BCUT2D eigenvalue weighted by atomic mass is 9.92. The number of hydrogen-bond acceptors (Lipinski definition) is 8. The first-order valence-corrected chi connectivity index (χ1v) is 20.1. The second kappa shape index (κ2) is 22.8. The predicted octanol–water partition coefficient (Wildman–Crippen LogP) is 9.35. The molecule has 66 heavy (non-hydrogen) atoms. The zero-order chi connectivity index (χ0) is 44.8. The summed E-state index contributed by atoms with van der Waals surface area (Å²) in [6, 6.07) is 51.5. The van der Waals surface area contributed by atoms with Crippen LogP contribution in [0.1, 0.15) is 29.7 Å². The van der Waals surface area contributed by atoms with E-state index in [1.165, 1.54) is 18.2 Å². The SMILES string of the molecule is C.C#CCOc1cccc(OCC#C)c1.OC1(C#CCOc2cccc(OCC#CC3(O)c4ccccc4-c4ccccc43)c2)c2ccccc2-c2ccccc21.Oc1cccc(O)c1.[B]. The minimum atomic E-state index is -1.38. The van der Waals surface area contributed by atoms with Gasteiger partial charge in [0.1, 0.15) is 60.9 Å². The van der Waals surface area contributed by atoms with Crippen LogP contribution in [0.5, 0.6) is 34.5 Å². The normalized spacial score (nSPS) is 11.9. The smallest absolute Gasteiger partial charge is 0.178 e. The summed E-state index contributed by atoms with van der Waals surface area (Å²) >= 11 is 0. The highest BCUT2D eigenvalue weighted by Crippen LogP contribution is 2.48. The van der Waals surface area contributed by atoms with Crippen LogP contribution in [0.3, 0.4) is 0 Å². The molecule has 325 valence electrons. The average Bonchev–Trinajstić information content (AvgIpc) is 3.73. The molecular formula is C57H46BO8. The van der Waals surface area contributed by atoms with E-state index in [9.17, 15) is 10.2 Å². The van der Waals surface area contributed by atoms with Crippen molar-refractivity contribution in [1.29, 1.82) is 0 Å². The van der Waals surface area contributed by atoms with Crippen LogP contribution in [-0.2, 0) is 11.2 Å². The summed E-state index contributed by atoms with van der Waals surface area (Å²) in [5, 5.41) is 40.5. The molecule has 0 bridgehead atoms. The minimum absolute atomic E-state index is 0. The summed E-state index contributed by atoms with van der Waals surface area (Å²) in [6.07, 6.45) is 10.1. The molecule has 2 aliphatic carbocycles. The van der Waals surface area contributed by atoms with E-state index in [0.717, 1.165) is 44.5 Å². The van der Waals surface area contributed by atoms with E-state index in [-0.39, 0.29) is 53.8 Å². The Morgan fingerprint density at radius 1 is 0.394 bits per heavy atom. The maximum atomic E-state index is 11.6. The van der Waals surface area contributed by atoms with E-state index >= 15 is 0 Å². The van der Waals surface area contributed by atoms with Crippen molar-refractivity contribution in [1.82, 2.24) is 0 Å². The molecule has 0 unspecified atom stereocenters. The van der Waals surface area contributed by atoms with Crippen molar-refractivity contribution in [2.75, 3.05) is 26.4 Å². The Balaban J connectivity index is 0.000000281. The number of fused-ring (bicyclic) bond motifs is 6. The Bertz CT molecular complexity index is 2700. The molecule has 0 spiro atoms. The number of hydrogen-bond donors (Lipinski definition) is 4. The van der Waals surface area contributed by atoms with E-state index in [1.54, 1.807) is 30.3 Å². The Labute approximate surface area is 388 Å². The molecule has 0 atom stereocenters. The van der Waals surface area contributed by atoms with E-state index in [0.29, 0.717) is 23.0 Å². The van der Waals surface area contributed by atoms with Gasteiger partial charge in [-0.25, -0.2) is 0 Å². The van der Waals surface area contributed by atoms with E-state index in [1.807, 2.05) is 121 Å². The molecule has 4 N–H and O–H groups in total. The number of phenols is 2. The van der Waals surface area contributed by atoms with Crippen LogP contribution in [0.25, 0.3) is 22.3 Å². The number of ether oxygens (including phenoxy) is 4. The van der Waals surface area contributed by atoms with Gasteiger partial charge < -0.3 is 39.4 Å². The summed E-state index contributed by atoms with van der Waals surface area (Å²) in [5.74, 6) is 19.6. The molecule has 8 nitrogen and oxygen atoms in total. The molecule has 0 saturated heterocycles. The van der Waals surface area contributed by atoms with Crippen LogP contribution in [0.2, 0.25) is 0 Å². The molecule has 2 aliphatic rings. The van der Waals surface area contributed by atoms with Crippen molar-refractivity contribution in [2.45, 2.75) is 18.6 Å². The van der Waals surface area contributed by atoms with Gasteiger partial charge in [0.25, 0.3) is 0 Å². The number of rotatable bonds is 8. The quantitative estimate of drug-likeness (QED) is 0.0883. The largest absolute Gasteiger partial charge is 0.508 e.